The van der Waals surface area contributed by atoms with Crippen LogP contribution in [0.2, 0.25) is 0 Å². The van der Waals surface area contributed by atoms with Gasteiger partial charge in [0.15, 0.2) is 0 Å². The summed E-state index contributed by atoms with van der Waals surface area (Å²) in [6.45, 7) is 0. The predicted molar refractivity (Wildman–Crippen MR) is 52.6 cm³/mol. The summed E-state index contributed by atoms with van der Waals surface area (Å²) in [4.78, 5) is 14.7. The second-order valence-corrected chi connectivity index (χ2v) is 3.49. The van der Waals surface area contributed by atoms with Gasteiger partial charge in [-0.25, -0.2) is 13.8 Å². The molecule has 6 heteroatoms. The van der Waals surface area contributed by atoms with Crippen LogP contribution in [-0.2, 0) is 16.0 Å². The van der Waals surface area contributed by atoms with E-state index in [1.54, 1.807) is 0 Å². The minimum atomic E-state index is -2.58. The average Bonchev–Trinajstić information content (AvgIpc) is 2.17. The molecule has 0 radical (unpaired) electrons. The number of halogens is 3. The van der Waals surface area contributed by atoms with E-state index in [2.05, 4.69) is 25.7 Å². The zero-order valence-electron chi connectivity index (χ0n) is 7.84. The molecule has 0 saturated carbocycles. The normalized spacial score (nSPS) is 10.5. The Morgan fingerprint density at radius 2 is 2.27 bits per heavy atom. The monoisotopic (exact) mass is 279 g/mol. The molecule has 15 heavy (non-hydrogen) atoms. The molecule has 0 spiro atoms. The van der Waals surface area contributed by atoms with Crippen molar-refractivity contribution >= 4 is 21.9 Å². The van der Waals surface area contributed by atoms with E-state index in [0.717, 1.165) is 0 Å². The Kier molecular flexibility index (Phi) is 4.14. The van der Waals surface area contributed by atoms with Gasteiger partial charge in [-0.15, -0.1) is 0 Å². The molecule has 1 rings (SSSR count). The predicted octanol–water partition coefficient (Wildman–Crippen LogP) is 2.50. The first-order valence-corrected chi connectivity index (χ1v) is 4.84. The third-order valence-electron chi connectivity index (χ3n) is 1.72. The fraction of sp³-hybridized carbons (Fsp3) is 0.333. The van der Waals surface area contributed by atoms with Gasteiger partial charge in [0.2, 0.25) is 0 Å². The molecule has 3 nitrogen and oxygen atoms in total. The number of nitrogens with zero attached hydrogens (tertiary/aromatic N) is 1. The fourth-order valence-electron chi connectivity index (χ4n) is 0.964. The summed E-state index contributed by atoms with van der Waals surface area (Å²) in [5, 5.41) is 0. The summed E-state index contributed by atoms with van der Waals surface area (Å²) >= 11 is 2.92. The van der Waals surface area contributed by atoms with E-state index in [-0.39, 0.29) is 16.6 Å². The minimum absolute atomic E-state index is 0.0291. The maximum Gasteiger partial charge on any atom is 0.311 e. The molecule has 0 aliphatic carbocycles. The van der Waals surface area contributed by atoms with Gasteiger partial charge in [0.25, 0.3) is 6.43 Å². The Morgan fingerprint density at radius 3 is 2.73 bits per heavy atom. The number of alkyl halides is 2. The fourth-order valence-corrected chi connectivity index (χ4v) is 1.50. The van der Waals surface area contributed by atoms with Gasteiger partial charge in [-0.1, -0.05) is 0 Å². The van der Waals surface area contributed by atoms with Crippen LogP contribution in [0.1, 0.15) is 17.7 Å². The van der Waals surface area contributed by atoms with E-state index >= 15 is 0 Å². The van der Waals surface area contributed by atoms with E-state index in [9.17, 15) is 13.6 Å². The van der Waals surface area contributed by atoms with Crippen LogP contribution in [0.25, 0.3) is 0 Å². The van der Waals surface area contributed by atoms with Crippen LogP contribution in [-0.4, -0.2) is 18.1 Å². The quantitative estimate of drug-likeness (QED) is 0.630. The van der Waals surface area contributed by atoms with E-state index in [0.29, 0.717) is 5.69 Å². The number of hydrogen-bond donors (Lipinski definition) is 0. The number of carbonyl (C=O) groups is 1. The van der Waals surface area contributed by atoms with Crippen molar-refractivity contribution in [3.8, 4) is 0 Å². The second-order valence-electron chi connectivity index (χ2n) is 2.74. The first-order chi connectivity index (χ1) is 7.04. The van der Waals surface area contributed by atoms with Crippen molar-refractivity contribution in [3.05, 3.63) is 28.0 Å². The van der Waals surface area contributed by atoms with E-state index < -0.39 is 12.4 Å². The Bertz CT molecular complexity index is 371. The Labute approximate surface area is 93.6 Å². The molecule has 0 aliphatic rings. The van der Waals surface area contributed by atoms with E-state index in [1.807, 2.05) is 0 Å². The molecule has 1 heterocycles. The molecule has 0 aliphatic heterocycles. The van der Waals surface area contributed by atoms with Crippen LogP contribution in [0.5, 0.6) is 0 Å². The molecule has 0 fully saturated rings. The van der Waals surface area contributed by atoms with Crippen LogP contribution >= 0.6 is 15.9 Å². The van der Waals surface area contributed by atoms with Crippen LogP contribution < -0.4 is 0 Å². The van der Waals surface area contributed by atoms with Crippen molar-refractivity contribution < 1.29 is 18.3 Å². The number of rotatable bonds is 3. The molecule has 0 aromatic carbocycles. The summed E-state index contributed by atoms with van der Waals surface area (Å²) < 4.78 is 29.1. The molecular weight excluding hydrogens is 272 g/mol. The SMILES string of the molecule is COC(=O)Cc1ccc(C(F)F)c(Br)n1. The molecule has 0 N–H and O–H groups in total. The topological polar surface area (TPSA) is 39.2 Å². The molecule has 0 bridgehead atoms. The number of aromatic nitrogens is 1. The smallest absolute Gasteiger partial charge is 0.311 e. The highest BCUT2D eigenvalue weighted by Gasteiger charge is 2.14. The summed E-state index contributed by atoms with van der Waals surface area (Å²) in [5.74, 6) is -0.459. The Morgan fingerprint density at radius 1 is 1.60 bits per heavy atom. The lowest BCUT2D eigenvalue weighted by Gasteiger charge is -2.04. The molecule has 0 amide bonds. The number of esters is 1. The van der Waals surface area contributed by atoms with E-state index in [1.165, 1.54) is 19.2 Å². The molecule has 0 saturated heterocycles. The largest absolute Gasteiger partial charge is 0.469 e. The highest BCUT2D eigenvalue weighted by molar-refractivity contribution is 9.10. The molecule has 0 unspecified atom stereocenters. The van der Waals surface area contributed by atoms with Gasteiger partial charge in [0.1, 0.15) is 4.60 Å². The highest BCUT2D eigenvalue weighted by Crippen LogP contribution is 2.25. The number of hydrogen-bond acceptors (Lipinski definition) is 3. The second kappa shape index (κ2) is 5.16. The minimum Gasteiger partial charge on any atom is -0.469 e. The average molecular weight is 280 g/mol. The maximum atomic E-state index is 12.3. The van der Waals surface area contributed by atoms with Crippen molar-refractivity contribution in [2.24, 2.45) is 0 Å². The third kappa shape index (κ3) is 3.23. The lowest BCUT2D eigenvalue weighted by Crippen LogP contribution is -2.06. The van der Waals surface area contributed by atoms with Crippen molar-refractivity contribution in [1.29, 1.82) is 0 Å². The molecular formula is C9H8BrF2NO2. The van der Waals surface area contributed by atoms with Crippen molar-refractivity contribution in [2.75, 3.05) is 7.11 Å². The highest BCUT2D eigenvalue weighted by atomic mass is 79.9. The van der Waals surface area contributed by atoms with Gasteiger partial charge in [0.05, 0.1) is 24.8 Å². The van der Waals surface area contributed by atoms with Crippen LogP contribution in [0.15, 0.2) is 16.7 Å². The van der Waals surface area contributed by atoms with Crippen molar-refractivity contribution in [1.82, 2.24) is 4.98 Å². The van der Waals surface area contributed by atoms with Crippen LogP contribution in [0.3, 0.4) is 0 Å². The van der Waals surface area contributed by atoms with Gasteiger partial charge >= 0.3 is 5.97 Å². The van der Waals surface area contributed by atoms with Crippen LogP contribution in [0.4, 0.5) is 8.78 Å². The van der Waals surface area contributed by atoms with Gasteiger partial charge in [-0.05, 0) is 28.1 Å². The zero-order chi connectivity index (χ0) is 11.4. The standard InChI is InChI=1S/C9H8BrF2NO2/c1-15-7(14)4-5-2-3-6(9(11)12)8(10)13-5/h2-3,9H,4H2,1H3. The number of carbonyl (C=O) groups excluding carboxylic acids is 1. The van der Waals surface area contributed by atoms with Gasteiger partial charge < -0.3 is 4.74 Å². The maximum absolute atomic E-state index is 12.3. The summed E-state index contributed by atoms with van der Waals surface area (Å²) in [6.07, 6.45) is -2.61. The Balaban J connectivity index is 2.87. The zero-order valence-corrected chi connectivity index (χ0v) is 9.42. The molecule has 1 aromatic rings. The molecule has 1 aromatic heterocycles. The van der Waals surface area contributed by atoms with Gasteiger partial charge in [-0.3, -0.25) is 4.79 Å². The molecule has 0 atom stereocenters. The van der Waals surface area contributed by atoms with Crippen molar-refractivity contribution in [3.63, 3.8) is 0 Å². The summed E-state index contributed by atoms with van der Waals surface area (Å²) in [7, 11) is 1.25. The Hall–Kier alpha value is -1.04. The van der Waals surface area contributed by atoms with Crippen molar-refractivity contribution in [2.45, 2.75) is 12.8 Å². The van der Waals surface area contributed by atoms with Crippen LogP contribution in [0, 0.1) is 0 Å². The third-order valence-corrected chi connectivity index (χ3v) is 2.36. The number of pyridine rings is 1. The number of methoxy groups -OCH3 is 1. The van der Waals surface area contributed by atoms with E-state index in [4.69, 9.17) is 0 Å². The first-order valence-electron chi connectivity index (χ1n) is 4.05. The lowest BCUT2D eigenvalue weighted by molar-refractivity contribution is -0.139. The summed E-state index contributed by atoms with van der Waals surface area (Å²) in [5.41, 5.74) is 0.196. The van der Waals surface area contributed by atoms with Gasteiger partial charge in [-0.2, -0.15) is 0 Å². The summed E-state index contributed by atoms with van der Waals surface area (Å²) in [6, 6.07) is 2.61. The lowest BCUT2D eigenvalue weighted by atomic mass is 10.2. The first kappa shape index (κ1) is 12.0. The molecule has 82 valence electrons. The number of ether oxygens (including phenoxy) is 1. The van der Waals surface area contributed by atoms with Gasteiger partial charge in [0, 0.05) is 0 Å².